The Morgan fingerprint density at radius 2 is 1.83 bits per heavy atom. The molecule has 1 aromatic heterocycles. The highest BCUT2D eigenvalue weighted by atomic mass is 16.5. The minimum absolute atomic E-state index is 0.141. The minimum Gasteiger partial charge on any atom is -0.497 e. The van der Waals surface area contributed by atoms with Gasteiger partial charge in [-0.05, 0) is 60.7 Å². The number of H-pyrrole nitrogens is 1. The number of carbonyl (C=O) groups excluding carboxylic acids is 1. The maximum absolute atomic E-state index is 13.2. The van der Waals surface area contributed by atoms with Crippen molar-refractivity contribution in [3.63, 3.8) is 0 Å². The summed E-state index contributed by atoms with van der Waals surface area (Å²) < 4.78 is 16.1. The predicted molar refractivity (Wildman–Crippen MR) is 114 cm³/mol. The normalized spacial score (nSPS) is 15.9. The number of pyridine rings is 1. The Balaban J connectivity index is 1.70. The molecule has 1 fully saturated rings. The molecule has 156 valence electrons. The van der Waals surface area contributed by atoms with Gasteiger partial charge < -0.3 is 24.1 Å². The van der Waals surface area contributed by atoms with E-state index < -0.39 is 6.10 Å². The van der Waals surface area contributed by atoms with Crippen LogP contribution in [0.4, 0.5) is 5.69 Å². The van der Waals surface area contributed by atoms with Crippen LogP contribution in [0.15, 0.2) is 53.3 Å². The van der Waals surface area contributed by atoms with E-state index in [2.05, 4.69) is 4.98 Å². The standard InChI is InChI=1S/C23H24N2O5/c1-28-18-9-6-17(7-10-18)25(23(27)21-4-3-11-30-21)14-16-12-15-5-8-19(29-2)13-20(15)24-22(16)26/h5-10,12-13,21H,3-4,11,14H2,1-2H3,(H,24,26)/t21-/m1/s1. The molecule has 4 rings (SSSR count). The molecule has 1 N–H and O–H groups in total. The molecule has 0 radical (unpaired) electrons. The van der Waals surface area contributed by atoms with Gasteiger partial charge in [0.25, 0.3) is 11.5 Å². The summed E-state index contributed by atoms with van der Waals surface area (Å²) in [5.74, 6) is 1.21. The molecule has 0 aliphatic carbocycles. The van der Waals surface area contributed by atoms with Gasteiger partial charge in [-0.15, -0.1) is 0 Å². The van der Waals surface area contributed by atoms with Crippen LogP contribution in [0.1, 0.15) is 18.4 Å². The first-order valence-electron chi connectivity index (χ1n) is 9.86. The maximum atomic E-state index is 13.2. The van der Waals surface area contributed by atoms with Gasteiger partial charge in [-0.3, -0.25) is 9.59 Å². The Hall–Kier alpha value is -3.32. The van der Waals surface area contributed by atoms with Crippen molar-refractivity contribution in [2.75, 3.05) is 25.7 Å². The number of hydrogen-bond donors (Lipinski definition) is 1. The summed E-state index contributed by atoms with van der Waals surface area (Å²) in [7, 11) is 3.17. The highest BCUT2D eigenvalue weighted by molar-refractivity contribution is 5.96. The summed E-state index contributed by atoms with van der Waals surface area (Å²) >= 11 is 0. The summed E-state index contributed by atoms with van der Waals surface area (Å²) in [6, 6.07) is 14.5. The molecule has 3 aromatic rings. The number of ether oxygens (including phenoxy) is 3. The number of aromatic nitrogens is 1. The van der Waals surface area contributed by atoms with Crippen molar-refractivity contribution < 1.29 is 19.0 Å². The van der Waals surface area contributed by atoms with Gasteiger partial charge in [0.2, 0.25) is 0 Å². The highest BCUT2D eigenvalue weighted by Gasteiger charge is 2.29. The van der Waals surface area contributed by atoms with E-state index in [0.717, 1.165) is 11.8 Å². The lowest BCUT2D eigenvalue weighted by Crippen LogP contribution is -2.39. The molecule has 7 nitrogen and oxygen atoms in total. The second kappa shape index (κ2) is 8.59. The smallest absolute Gasteiger partial charge is 0.256 e. The van der Waals surface area contributed by atoms with E-state index in [1.165, 1.54) is 0 Å². The van der Waals surface area contributed by atoms with Crippen molar-refractivity contribution >= 4 is 22.5 Å². The molecule has 7 heteroatoms. The first-order valence-corrected chi connectivity index (χ1v) is 9.86. The molecular weight excluding hydrogens is 384 g/mol. The lowest BCUT2D eigenvalue weighted by molar-refractivity contribution is -0.127. The number of methoxy groups -OCH3 is 2. The van der Waals surface area contributed by atoms with Gasteiger partial charge in [0.05, 0.1) is 26.3 Å². The van der Waals surface area contributed by atoms with E-state index in [-0.39, 0.29) is 18.0 Å². The molecule has 2 heterocycles. The number of nitrogens with one attached hydrogen (secondary N) is 1. The van der Waals surface area contributed by atoms with Gasteiger partial charge in [-0.1, -0.05) is 0 Å². The van der Waals surface area contributed by atoms with Gasteiger partial charge in [0.15, 0.2) is 0 Å². The topological polar surface area (TPSA) is 80.9 Å². The quantitative estimate of drug-likeness (QED) is 0.677. The van der Waals surface area contributed by atoms with E-state index >= 15 is 0 Å². The molecule has 1 aliphatic heterocycles. The molecular formula is C23H24N2O5. The fraction of sp³-hybridized carbons (Fsp3) is 0.304. The third kappa shape index (κ3) is 4.02. The van der Waals surface area contributed by atoms with E-state index in [1.54, 1.807) is 37.3 Å². The molecule has 30 heavy (non-hydrogen) atoms. The van der Waals surface area contributed by atoms with Crippen molar-refractivity contribution in [2.45, 2.75) is 25.5 Å². The predicted octanol–water partition coefficient (Wildman–Crippen LogP) is 3.26. The number of hydrogen-bond acceptors (Lipinski definition) is 5. The van der Waals surface area contributed by atoms with Crippen molar-refractivity contribution in [1.29, 1.82) is 0 Å². The van der Waals surface area contributed by atoms with Crippen LogP contribution in [0.2, 0.25) is 0 Å². The number of aromatic amines is 1. The minimum atomic E-state index is -0.490. The van der Waals surface area contributed by atoms with Crippen LogP contribution in [0.3, 0.4) is 0 Å². The Morgan fingerprint density at radius 1 is 1.10 bits per heavy atom. The molecule has 0 saturated carbocycles. The molecule has 1 atom stereocenters. The zero-order valence-electron chi connectivity index (χ0n) is 17.0. The lowest BCUT2D eigenvalue weighted by Gasteiger charge is -2.25. The van der Waals surface area contributed by atoms with Crippen LogP contribution >= 0.6 is 0 Å². The second-order valence-corrected chi connectivity index (χ2v) is 7.20. The van der Waals surface area contributed by atoms with Crippen molar-refractivity contribution in [3.05, 3.63) is 64.4 Å². The third-order valence-corrected chi connectivity index (χ3v) is 5.31. The molecule has 0 unspecified atom stereocenters. The van der Waals surface area contributed by atoms with E-state index in [9.17, 15) is 9.59 Å². The van der Waals surface area contributed by atoms with Crippen molar-refractivity contribution in [1.82, 2.24) is 4.98 Å². The molecule has 0 spiro atoms. The molecule has 0 bridgehead atoms. The number of benzene rings is 2. The van der Waals surface area contributed by atoms with Gasteiger partial charge >= 0.3 is 0 Å². The van der Waals surface area contributed by atoms with E-state index in [1.807, 2.05) is 30.3 Å². The molecule has 2 aromatic carbocycles. The van der Waals surface area contributed by atoms with Gasteiger partial charge in [0, 0.05) is 23.9 Å². The number of nitrogens with zero attached hydrogens (tertiary/aromatic N) is 1. The zero-order valence-corrected chi connectivity index (χ0v) is 17.0. The molecule has 1 amide bonds. The number of fused-ring (bicyclic) bond motifs is 1. The molecule has 1 saturated heterocycles. The number of anilines is 1. The number of carbonyl (C=O) groups is 1. The monoisotopic (exact) mass is 408 g/mol. The largest absolute Gasteiger partial charge is 0.497 e. The Labute approximate surface area is 174 Å². The maximum Gasteiger partial charge on any atom is 0.256 e. The van der Waals surface area contributed by atoms with Crippen LogP contribution in [0.5, 0.6) is 11.5 Å². The zero-order chi connectivity index (χ0) is 21.1. The average Bonchev–Trinajstić information content (AvgIpc) is 3.32. The molecule has 1 aliphatic rings. The summed E-state index contributed by atoms with van der Waals surface area (Å²) in [6.07, 6.45) is 1.04. The summed E-state index contributed by atoms with van der Waals surface area (Å²) in [5.41, 5.74) is 1.62. The van der Waals surface area contributed by atoms with Crippen LogP contribution in [0.25, 0.3) is 10.9 Å². The van der Waals surface area contributed by atoms with Crippen molar-refractivity contribution in [3.8, 4) is 11.5 Å². The SMILES string of the molecule is COc1ccc(N(Cc2cc3ccc(OC)cc3[nH]c2=O)C(=O)[C@H]2CCCO2)cc1. The van der Waals surface area contributed by atoms with Gasteiger partial charge in [0.1, 0.15) is 17.6 Å². The van der Waals surface area contributed by atoms with Gasteiger partial charge in [-0.2, -0.15) is 0 Å². The fourth-order valence-electron chi connectivity index (χ4n) is 3.64. The Kier molecular flexibility index (Phi) is 5.72. The van der Waals surface area contributed by atoms with Crippen LogP contribution in [0, 0.1) is 0 Å². The van der Waals surface area contributed by atoms with Crippen LogP contribution in [-0.2, 0) is 16.1 Å². The summed E-state index contributed by atoms with van der Waals surface area (Å²) in [4.78, 5) is 30.5. The van der Waals surface area contributed by atoms with E-state index in [4.69, 9.17) is 14.2 Å². The summed E-state index contributed by atoms with van der Waals surface area (Å²) in [5, 5.41) is 0.865. The fourth-order valence-corrected chi connectivity index (χ4v) is 3.64. The second-order valence-electron chi connectivity index (χ2n) is 7.20. The number of amides is 1. The average molecular weight is 408 g/mol. The van der Waals surface area contributed by atoms with Gasteiger partial charge in [-0.25, -0.2) is 0 Å². The first-order chi connectivity index (χ1) is 14.6. The first kappa shape index (κ1) is 20.0. The summed E-state index contributed by atoms with van der Waals surface area (Å²) in [6.45, 7) is 0.716. The Bertz CT molecular complexity index is 1100. The third-order valence-electron chi connectivity index (χ3n) is 5.31. The number of rotatable bonds is 6. The lowest BCUT2D eigenvalue weighted by atomic mass is 10.1. The Morgan fingerprint density at radius 3 is 2.50 bits per heavy atom. The highest BCUT2D eigenvalue weighted by Crippen LogP contribution is 2.25. The van der Waals surface area contributed by atoms with Crippen LogP contribution in [-0.4, -0.2) is 37.8 Å². The van der Waals surface area contributed by atoms with Crippen LogP contribution < -0.4 is 19.9 Å². The van der Waals surface area contributed by atoms with Crippen molar-refractivity contribution in [2.24, 2.45) is 0 Å². The van der Waals surface area contributed by atoms with E-state index in [0.29, 0.717) is 41.3 Å².